The maximum atomic E-state index is 12.4. The minimum atomic E-state index is 0.0611. The van der Waals surface area contributed by atoms with E-state index in [-0.39, 0.29) is 18.4 Å². The standard InChI is InChI=1S/C19H27N3O4/c1-25-16-6-5-15(12-17(16)26-2)13-20-8-10-21(11-9-20)19(24)14-22-7-3-4-18(22)23/h5-6,12H,3-4,7-11,13-14H2,1-2H3. The van der Waals surface area contributed by atoms with Crippen molar-refractivity contribution in [1.29, 1.82) is 0 Å². The van der Waals surface area contributed by atoms with Crippen LogP contribution in [0.3, 0.4) is 0 Å². The lowest BCUT2D eigenvalue weighted by molar-refractivity contribution is -0.139. The molecule has 0 atom stereocenters. The zero-order valence-electron chi connectivity index (χ0n) is 15.6. The molecule has 0 aromatic heterocycles. The molecule has 1 aromatic rings. The third-order valence-electron chi connectivity index (χ3n) is 5.08. The van der Waals surface area contributed by atoms with E-state index in [4.69, 9.17) is 9.47 Å². The molecule has 0 bridgehead atoms. The second-order valence-corrected chi connectivity index (χ2v) is 6.77. The van der Waals surface area contributed by atoms with Gasteiger partial charge in [0.05, 0.1) is 20.8 Å². The van der Waals surface area contributed by atoms with Gasteiger partial charge in [-0.3, -0.25) is 14.5 Å². The Morgan fingerprint density at radius 2 is 1.77 bits per heavy atom. The Morgan fingerprint density at radius 3 is 2.38 bits per heavy atom. The van der Waals surface area contributed by atoms with Crippen LogP contribution in [0, 0.1) is 0 Å². The zero-order valence-corrected chi connectivity index (χ0v) is 15.6. The van der Waals surface area contributed by atoms with Gasteiger partial charge in [0.15, 0.2) is 11.5 Å². The summed E-state index contributed by atoms with van der Waals surface area (Å²) in [6.07, 6.45) is 1.44. The fourth-order valence-corrected chi connectivity index (χ4v) is 3.53. The third-order valence-corrected chi connectivity index (χ3v) is 5.08. The van der Waals surface area contributed by atoms with E-state index in [0.717, 1.165) is 43.1 Å². The van der Waals surface area contributed by atoms with E-state index in [1.807, 2.05) is 23.1 Å². The number of benzene rings is 1. The number of carbonyl (C=O) groups excluding carboxylic acids is 2. The molecule has 1 aromatic carbocycles. The molecule has 7 nitrogen and oxygen atoms in total. The molecule has 0 saturated carbocycles. The molecule has 0 spiro atoms. The second-order valence-electron chi connectivity index (χ2n) is 6.77. The Kier molecular flexibility index (Phi) is 5.98. The summed E-state index contributed by atoms with van der Waals surface area (Å²) in [5.41, 5.74) is 1.16. The van der Waals surface area contributed by atoms with E-state index < -0.39 is 0 Å². The van der Waals surface area contributed by atoms with E-state index in [0.29, 0.717) is 26.1 Å². The summed E-state index contributed by atoms with van der Waals surface area (Å²) in [6, 6.07) is 5.95. The summed E-state index contributed by atoms with van der Waals surface area (Å²) < 4.78 is 10.6. The predicted octanol–water partition coefficient (Wildman–Crippen LogP) is 0.970. The molecule has 26 heavy (non-hydrogen) atoms. The number of rotatable bonds is 6. The van der Waals surface area contributed by atoms with Crippen molar-refractivity contribution < 1.29 is 19.1 Å². The molecule has 2 saturated heterocycles. The fraction of sp³-hybridized carbons (Fsp3) is 0.579. The lowest BCUT2D eigenvalue weighted by atomic mass is 10.1. The van der Waals surface area contributed by atoms with Crippen molar-refractivity contribution >= 4 is 11.8 Å². The van der Waals surface area contributed by atoms with Gasteiger partial charge in [-0.15, -0.1) is 0 Å². The maximum absolute atomic E-state index is 12.4. The highest BCUT2D eigenvalue weighted by atomic mass is 16.5. The Labute approximate surface area is 154 Å². The first-order chi connectivity index (χ1) is 12.6. The summed E-state index contributed by atoms with van der Waals surface area (Å²) >= 11 is 0. The van der Waals surface area contributed by atoms with Gasteiger partial charge >= 0.3 is 0 Å². The van der Waals surface area contributed by atoms with Crippen LogP contribution in [0.1, 0.15) is 18.4 Å². The maximum Gasteiger partial charge on any atom is 0.242 e. The molecule has 7 heteroatoms. The number of hydrogen-bond donors (Lipinski definition) is 0. The van der Waals surface area contributed by atoms with Crippen LogP contribution in [0.2, 0.25) is 0 Å². The smallest absolute Gasteiger partial charge is 0.242 e. The fourth-order valence-electron chi connectivity index (χ4n) is 3.53. The molecular weight excluding hydrogens is 334 g/mol. The van der Waals surface area contributed by atoms with Gasteiger partial charge in [-0.05, 0) is 24.1 Å². The Morgan fingerprint density at radius 1 is 1.04 bits per heavy atom. The van der Waals surface area contributed by atoms with Gasteiger partial charge in [0.2, 0.25) is 11.8 Å². The van der Waals surface area contributed by atoms with E-state index in [1.54, 1.807) is 19.1 Å². The molecule has 2 aliphatic heterocycles. The van der Waals surface area contributed by atoms with Crippen molar-refractivity contribution in [2.45, 2.75) is 19.4 Å². The van der Waals surface area contributed by atoms with Crippen molar-refractivity contribution in [2.75, 3.05) is 53.5 Å². The number of amides is 2. The SMILES string of the molecule is COc1ccc(CN2CCN(C(=O)CN3CCCC3=O)CC2)cc1OC. The van der Waals surface area contributed by atoms with Crippen molar-refractivity contribution in [3.05, 3.63) is 23.8 Å². The average Bonchev–Trinajstić information content (AvgIpc) is 3.06. The number of carbonyl (C=O) groups is 2. The van der Waals surface area contributed by atoms with E-state index in [1.165, 1.54) is 0 Å². The van der Waals surface area contributed by atoms with Crippen molar-refractivity contribution in [2.24, 2.45) is 0 Å². The average molecular weight is 361 g/mol. The number of nitrogens with zero attached hydrogens (tertiary/aromatic N) is 3. The van der Waals surface area contributed by atoms with Crippen LogP contribution >= 0.6 is 0 Å². The van der Waals surface area contributed by atoms with Crippen molar-refractivity contribution in [1.82, 2.24) is 14.7 Å². The largest absolute Gasteiger partial charge is 0.493 e. The molecule has 2 fully saturated rings. The van der Waals surface area contributed by atoms with Gasteiger partial charge in [0.25, 0.3) is 0 Å². The van der Waals surface area contributed by atoms with Crippen molar-refractivity contribution in [3.63, 3.8) is 0 Å². The van der Waals surface area contributed by atoms with E-state index in [2.05, 4.69) is 4.90 Å². The highest BCUT2D eigenvalue weighted by molar-refractivity contribution is 5.85. The molecule has 0 radical (unpaired) electrons. The number of methoxy groups -OCH3 is 2. The van der Waals surface area contributed by atoms with E-state index >= 15 is 0 Å². The minimum Gasteiger partial charge on any atom is -0.493 e. The first-order valence-corrected chi connectivity index (χ1v) is 9.09. The molecule has 142 valence electrons. The molecule has 0 aliphatic carbocycles. The summed E-state index contributed by atoms with van der Waals surface area (Å²) in [5, 5.41) is 0. The normalized spacial score (nSPS) is 18.3. The Hall–Kier alpha value is -2.28. The van der Waals surface area contributed by atoms with Gasteiger partial charge in [0.1, 0.15) is 0 Å². The van der Waals surface area contributed by atoms with Crippen LogP contribution in [-0.4, -0.2) is 80.0 Å². The topological polar surface area (TPSA) is 62.3 Å². The molecule has 3 rings (SSSR count). The highest BCUT2D eigenvalue weighted by Crippen LogP contribution is 2.28. The van der Waals surface area contributed by atoms with Gasteiger partial charge in [-0.2, -0.15) is 0 Å². The molecule has 0 N–H and O–H groups in total. The van der Waals surface area contributed by atoms with E-state index in [9.17, 15) is 9.59 Å². The minimum absolute atomic E-state index is 0.0611. The summed E-state index contributed by atoms with van der Waals surface area (Å²) in [5.74, 6) is 1.62. The quantitative estimate of drug-likeness (QED) is 0.756. The van der Waals surface area contributed by atoms with Crippen LogP contribution < -0.4 is 9.47 Å². The summed E-state index contributed by atoms with van der Waals surface area (Å²) in [6.45, 7) is 4.82. The summed E-state index contributed by atoms with van der Waals surface area (Å²) in [7, 11) is 3.26. The Bertz CT molecular complexity index is 656. The predicted molar refractivity (Wildman–Crippen MR) is 97.2 cm³/mol. The number of hydrogen-bond acceptors (Lipinski definition) is 5. The number of likely N-dealkylation sites (tertiary alicyclic amines) is 1. The number of piperazine rings is 1. The molecule has 0 unspecified atom stereocenters. The molecular formula is C19H27N3O4. The monoisotopic (exact) mass is 361 g/mol. The highest BCUT2D eigenvalue weighted by Gasteiger charge is 2.27. The van der Waals surface area contributed by atoms with Crippen LogP contribution in [-0.2, 0) is 16.1 Å². The van der Waals surface area contributed by atoms with Crippen LogP contribution in [0.15, 0.2) is 18.2 Å². The lowest BCUT2D eigenvalue weighted by Gasteiger charge is -2.35. The molecule has 2 aliphatic rings. The summed E-state index contributed by atoms with van der Waals surface area (Å²) in [4.78, 5) is 30.0. The van der Waals surface area contributed by atoms with Crippen molar-refractivity contribution in [3.8, 4) is 11.5 Å². The van der Waals surface area contributed by atoms with Gasteiger partial charge < -0.3 is 19.3 Å². The second kappa shape index (κ2) is 8.40. The zero-order chi connectivity index (χ0) is 18.5. The Balaban J connectivity index is 1.49. The first kappa shape index (κ1) is 18.5. The van der Waals surface area contributed by atoms with Crippen LogP contribution in [0.25, 0.3) is 0 Å². The third kappa shape index (κ3) is 4.27. The molecule has 2 heterocycles. The van der Waals surface area contributed by atoms with Gasteiger partial charge in [0, 0.05) is 45.7 Å². The number of ether oxygens (including phenoxy) is 2. The first-order valence-electron chi connectivity index (χ1n) is 9.09. The molecule has 2 amide bonds. The van der Waals surface area contributed by atoms with Gasteiger partial charge in [-0.1, -0.05) is 6.07 Å². The lowest BCUT2D eigenvalue weighted by Crippen LogP contribution is -2.51. The van der Waals surface area contributed by atoms with Gasteiger partial charge in [-0.25, -0.2) is 0 Å². The van der Waals surface area contributed by atoms with Crippen LogP contribution in [0.5, 0.6) is 11.5 Å². The van der Waals surface area contributed by atoms with Crippen LogP contribution in [0.4, 0.5) is 0 Å².